The summed E-state index contributed by atoms with van der Waals surface area (Å²) in [7, 11) is 1.63. The van der Waals surface area contributed by atoms with Gasteiger partial charge in [-0.05, 0) is 61.9 Å². The molecule has 0 aromatic heterocycles. The first-order valence-electron chi connectivity index (χ1n) is 10.6. The summed E-state index contributed by atoms with van der Waals surface area (Å²) in [6.07, 6.45) is 5.04. The van der Waals surface area contributed by atoms with Gasteiger partial charge in [0.25, 0.3) is 5.91 Å². The predicted octanol–water partition coefficient (Wildman–Crippen LogP) is 4.49. The lowest BCUT2D eigenvalue weighted by atomic mass is 10.00. The van der Waals surface area contributed by atoms with E-state index in [4.69, 9.17) is 4.74 Å². The lowest BCUT2D eigenvalue weighted by Gasteiger charge is -2.26. The number of piperidine rings is 1. The smallest absolute Gasteiger partial charge is 0.253 e. The zero-order valence-corrected chi connectivity index (χ0v) is 17.6. The summed E-state index contributed by atoms with van der Waals surface area (Å²) >= 11 is 0. The van der Waals surface area contributed by atoms with Crippen molar-refractivity contribution >= 4 is 17.5 Å². The highest BCUT2D eigenvalue weighted by atomic mass is 16.5. The first-order valence-corrected chi connectivity index (χ1v) is 10.6. The molecule has 5 nitrogen and oxygen atoms in total. The number of ether oxygens (including phenoxy) is 1. The van der Waals surface area contributed by atoms with Crippen molar-refractivity contribution in [2.75, 3.05) is 20.2 Å². The van der Waals surface area contributed by atoms with Crippen molar-refractivity contribution in [2.45, 2.75) is 44.9 Å². The summed E-state index contributed by atoms with van der Waals surface area (Å²) in [4.78, 5) is 39.0. The van der Waals surface area contributed by atoms with Crippen molar-refractivity contribution in [3.8, 4) is 5.75 Å². The Morgan fingerprint density at radius 2 is 1.50 bits per heavy atom. The van der Waals surface area contributed by atoms with E-state index < -0.39 is 0 Å². The molecule has 1 heterocycles. The molecule has 2 aromatic carbocycles. The Kier molecular flexibility index (Phi) is 7.77. The Labute approximate surface area is 178 Å². The van der Waals surface area contributed by atoms with Crippen molar-refractivity contribution in [3.05, 3.63) is 65.2 Å². The third-order valence-electron chi connectivity index (χ3n) is 5.53. The molecule has 0 aliphatic carbocycles. The lowest BCUT2D eigenvalue weighted by molar-refractivity contribution is -0.118. The molecule has 30 heavy (non-hydrogen) atoms. The molecule has 0 spiro atoms. The van der Waals surface area contributed by atoms with Gasteiger partial charge in [0.15, 0.2) is 5.78 Å². The minimum Gasteiger partial charge on any atom is -0.497 e. The topological polar surface area (TPSA) is 63.7 Å². The molecular weight excluding hydrogens is 378 g/mol. The molecule has 3 rings (SSSR count). The quantitative estimate of drug-likeness (QED) is 0.454. The Bertz CT molecular complexity index is 865. The number of rotatable bonds is 9. The van der Waals surface area contributed by atoms with E-state index in [1.807, 2.05) is 29.2 Å². The summed E-state index contributed by atoms with van der Waals surface area (Å²) in [5.41, 5.74) is 2.22. The molecule has 0 atom stereocenters. The molecule has 1 saturated heterocycles. The number of Topliss-reactive ketones (excluding diaryl/α,β-unsaturated/α-hetero) is 2. The molecule has 0 radical (unpaired) electrons. The zero-order chi connectivity index (χ0) is 21.3. The molecule has 1 fully saturated rings. The molecule has 0 unspecified atom stereocenters. The fourth-order valence-electron chi connectivity index (χ4n) is 3.73. The van der Waals surface area contributed by atoms with E-state index in [1.165, 1.54) is 6.42 Å². The van der Waals surface area contributed by atoms with Crippen molar-refractivity contribution in [1.29, 1.82) is 0 Å². The van der Waals surface area contributed by atoms with Crippen LogP contribution in [0.5, 0.6) is 5.75 Å². The fourth-order valence-corrected chi connectivity index (χ4v) is 3.73. The van der Waals surface area contributed by atoms with Gasteiger partial charge in [-0.1, -0.05) is 24.3 Å². The third-order valence-corrected chi connectivity index (χ3v) is 5.53. The number of methoxy groups -OCH3 is 1. The second kappa shape index (κ2) is 10.7. The van der Waals surface area contributed by atoms with Gasteiger partial charge in [-0.25, -0.2) is 0 Å². The van der Waals surface area contributed by atoms with Crippen LogP contribution in [0.25, 0.3) is 0 Å². The second-order valence-corrected chi connectivity index (χ2v) is 7.77. The van der Waals surface area contributed by atoms with Crippen LogP contribution in [0.3, 0.4) is 0 Å². The van der Waals surface area contributed by atoms with E-state index in [2.05, 4.69) is 0 Å². The van der Waals surface area contributed by atoms with Gasteiger partial charge >= 0.3 is 0 Å². The van der Waals surface area contributed by atoms with Crippen LogP contribution in [0.2, 0.25) is 0 Å². The van der Waals surface area contributed by atoms with E-state index in [0.717, 1.165) is 43.7 Å². The molecule has 0 saturated carbocycles. The first-order chi connectivity index (χ1) is 14.6. The first kappa shape index (κ1) is 21.8. The standard InChI is InChI=1S/C25H29NO4/c1-30-23-14-8-19(9-15-23)6-5-7-22(27)18-24(28)20-10-12-21(13-11-20)25(29)26-16-3-2-4-17-26/h8-15H,2-7,16-18H2,1H3. The third kappa shape index (κ3) is 6.02. The molecule has 0 bridgehead atoms. The monoisotopic (exact) mass is 407 g/mol. The Balaban J connectivity index is 1.45. The summed E-state index contributed by atoms with van der Waals surface area (Å²) in [5, 5.41) is 0. The van der Waals surface area contributed by atoms with Crippen molar-refractivity contribution in [3.63, 3.8) is 0 Å². The van der Waals surface area contributed by atoms with Gasteiger partial charge < -0.3 is 9.64 Å². The lowest BCUT2D eigenvalue weighted by Crippen LogP contribution is -2.35. The molecule has 1 amide bonds. The van der Waals surface area contributed by atoms with Crippen molar-refractivity contribution in [1.82, 2.24) is 4.90 Å². The second-order valence-electron chi connectivity index (χ2n) is 7.77. The summed E-state index contributed by atoms with van der Waals surface area (Å²) in [6.45, 7) is 1.59. The number of ketones is 2. The maximum Gasteiger partial charge on any atom is 0.253 e. The Morgan fingerprint density at radius 1 is 0.867 bits per heavy atom. The van der Waals surface area contributed by atoms with Crippen LogP contribution in [0.15, 0.2) is 48.5 Å². The molecule has 1 aliphatic rings. The number of hydrogen-bond donors (Lipinski definition) is 0. The van der Waals surface area contributed by atoms with Crippen LogP contribution in [-0.2, 0) is 11.2 Å². The number of hydrogen-bond acceptors (Lipinski definition) is 4. The van der Waals surface area contributed by atoms with E-state index >= 15 is 0 Å². The van der Waals surface area contributed by atoms with Gasteiger partial charge in [0.1, 0.15) is 11.5 Å². The fraction of sp³-hybridized carbons (Fsp3) is 0.400. The average molecular weight is 408 g/mol. The van der Waals surface area contributed by atoms with E-state index in [9.17, 15) is 14.4 Å². The van der Waals surface area contributed by atoms with Crippen LogP contribution >= 0.6 is 0 Å². The Hall–Kier alpha value is -2.95. The van der Waals surface area contributed by atoms with Gasteiger partial charge in [-0.2, -0.15) is 0 Å². The SMILES string of the molecule is COc1ccc(CCCC(=O)CC(=O)c2ccc(C(=O)N3CCCCC3)cc2)cc1. The maximum absolute atomic E-state index is 12.5. The van der Waals surface area contributed by atoms with Crippen molar-refractivity contribution < 1.29 is 19.1 Å². The maximum atomic E-state index is 12.5. The number of amides is 1. The van der Waals surface area contributed by atoms with E-state index in [-0.39, 0.29) is 23.9 Å². The number of carbonyl (C=O) groups is 3. The van der Waals surface area contributed by atoms with Crippen LogP contribution in [0.1, 0.15) is 64.8 Å². The number of aryl methyl sites for hydroxylation is 1. The Morgan fingerprint density at radius 3 is 2.13 bits per heavy atom. The number of likely N-dealkylation sites (tertiary alicyclic amines) is 1. The van der Waals surface area contributed by atoms with Crippen LogP contribution in [0, 0.1) is 0 Å². The molecule has 1 aliphatic heterocycles. The van der Waals surface area contributed by atoms with Gasteiger partial charge in [-0.15, -0.1) is 0 Å². The minimum absolute atomic E-state index is 0.0170. The van der Waals surface area contributed by atoms with Crippen molar-refractivity contribution in [2.24, 2.45) is 0 Å². The van der Waals surface area contributed by atoms with Crippen LogP contribution in [0.4, 0.5) is 0 Å². The zero-order valence-electron chi connectivity index (χ0n) is 17.6. The summed E-state index contributed by atoms with van der Waals surface area (Å²) in [5.74, 6) is 0.579. The predicted molar refractivity (Wildman–Crippen MR) is 116 cm³/mol. The minimum atomic E-state index is -0.193. The summed E-state index contributed by atoms with van der Waals surface area (Å²) < 4.78 is 5.14. The van der Waals surface area contributed by atoms with Gasteiger partial charge in [0.2, 0.25) is 0 Å². The van der Waals surface area contributed by atoms with Crippen LogP contribution < -0.4 is 4.74 Å². The highest BCUT2D eigenvalue weighted by molar-refractivity contribution is 6.08. The molecule has 2 aromatic rings. The number of benzene rings is 2. The average Bonchev–Trinajstić information content (AvgIpc) is 2.79. The van der Waals surface area contributed by atoms with E-state index in [1.54, 1.807) is 31.4 Å². The molecular formula is C25H29NO4. The highest BCUT2D eigenvalue weighted by Gasteiger charge is 2.19. The van der Waals surface area contributed by atoms with Gasteiger partial charge in [-0.3, -0.25) is 14.4 Å². The highest BCUT2D eigenvalue weighted by Crippen LogP contribution is 2.16. The molecule has 5 heteroatoms. The largest absolute Gasteiger partial charge is 0.497 e. The van der Waals surface area contributed by atoms with E-state index in [0.29, 0.717) is 24.0 Å². The number of nitrogens with zero attached hydrogens (tertiary/aromatic N) is 1. The number of carbonyl (C=O) groups excluding carboxylic acids is 3. The summed E-state index contributed by atoms with van der Waals surface area (Å²) in [6, 6.07) is 14.5. The molecule has 158 valence electrons. The normalized spacial score (nSPS) is 13.7. The van der Waals surface area contributed by atoms with Gasteiger partial charge in [0.05, 0.1) is 13.5 Å². The van der Waals surface area contributed by atoms with Gasteiger partial charge in [0, 0.05) is 30.6 Å². The molecule has 0 N–H and O–H groups in total. The van der Waals surface area contributed by atoms with Crippen LogP contribution in [-0.4, -0.2) is 42.6 Å².